The highest BCUT2D eigenvalue weighted by molar-refractivity contribution is 5.90. The van der Waals surface area contributed by atoms with Crippen molar-refractivity contribution in [2.45, 2.75) is 26.9 Å². The highest BCUT2D eigenvalue weighted by Crippen LogP contribution is 2.21. The zero-order chi connectivity index (χ0) is 19.1. The average Bonchev–Trinajstić information content (AvgIpc) is 3.16. The Labute approximate surface area is 159 Å². The van der Waals surface area contributed by atoms with Gasteiger partial charge in [-0.15, -0.1) is 0 Å². The van der Waals surface area contributed by atoms with Crippen LogP contribution in [-0.4, -0.2) is 22.2 Å². The Bertz CT molecular complexity index is 891. The van der Waals surface area contributed by atoms with Gasteiger partial charge in [-0.05, 0) is 48.7 Å². The van der Waals surface area contributed by atoms with Crippen molar-refractivity contribution in [3.63, 3.8) is 0 Å². The van der Waals surface area contributed by atoms with Crippen LogP contribution >= 0.6 is 0 Å². The van der Waals surface area contributed by atoms with Crippen LogP contribution in [0.3, 0.4) is 0 Å². The van der Waals surface area contributed by atoms with E-state index in [0.29, 0.717) is 13.2 Å². The van der Waals surface area contributed by atoms with Crippen LogP contribution in [0.25, 0.3) is 0 Å². The van der Waals surface area contributed by atoms with E-state index in [-0.39, 0.29) is 6.03 Å². The van der Waals surface area contributed by atoms with Gasteiger partial charge in [0.2, 0.25) is 0 Å². The molecule has 0 bridgehead atoms. The first-order chi connectivity index (χ1) is 13.1. The molecule has 6 heteroatoms. The predicted octanol–water partition coefficient (Wildman–Crippen LogP) is 3.96. The van der Waals surface area contributed by atoms with Gasteiger partial charge in [0, 0.05) is 31.2 Å². The number of imidazole rings is 1. The summed E-state index contributed by atoms with van der Waals surface area (Å²) in [6.07, 6.45) is 5.48. The van der Waals surface area contributed by atoms with Crippen LogP contribution in [0.15, 0.2) is 61.2 Å². The quantitative estimate of drug-likeness (QED) is 0.667. The molecule has 2 amide bonds. The van der Waals surface area contributed by atoms with Gasteiger partial charge < -0.3 is 19.9 Å². The van der Waals surface area contributed by atoms with Crippen molar-refractivity contribution < 1.29 is 9.53 Å². The summed E-state index contributed by atoms with van der Waals surface area (Å²) >= 11 is 0. The third kappa shape index (κ3) is 5.34. The Balaban J connectivity index is 1.54. The van der Waals surface area contributed by atoms with E-state index in [1.54, 1.807) is 12.5 Å². The van der Waals surface area contributed by atoms with Crippen LogP contribution in [0.2, 0.25) is 0 Å². The molecule has 0 unspecified atom stereocenters. The number of nitrogens with zero attached hydrogens (tertiary/aromatic N) is 2. The van der Waals surface area contributed by atoms with Crippen LogP contribution in [0.1, 0.15) is 23.6 Å². The lowest BCUT2D eigenvalue weighted by molar-refractivity contribution is 0.251. The number of urea groups is 1. The molecular formula is C21H24N4O2. The fourth-order valence-electron chi connectivity index (χ4n) is 2.81. The van der Waals surface area contributed by atoms with E-state index in [1.165, 1.54) is 0 Å². The topological polar surface area (TPSA) is 68.2 Å². The predicted molar refractivity (Wildman–Crippen MR) is 106 cm³/mol. The Morgan fingerprint density at radius 3 is 2.78 bits per heavy atom. The van der Waals surface area contributed by atoms with Crippen molar-refractivity contribution in [2.75, 3.05) is 11.9 Å². The van der Waals surface area contributed by atoms with Gasteiger partial charge in [0.1, 0.15) is 5.75 Å². The fraction of sp³-hybridized carbons (Fsp3) is 0.238. The molecular weight excluding hydrogens is 340 g/mol. The monoisotopic (exact) mass is 364 g/mol. The number of ether oxygens (including phenoxy) is 1. The molecule has 6 nitrogen and oxygen atoms in total. The van der Waals surface area contributed by atoms with Gasteiger partial charge in [0.25, 0.3) is 0 Å². The van der Waals surface area contributed by atoms with Gasteiger partial charge in [-0.25, -0.2) is 9.78 Å². The summed E-state index contributed by atoms with van der Waals surface area (Å²) < 4.78 is 7.47. The van der Waals surface area contributed by atoms with E-state index in [0.717, 1.165) is 34.7 Å². The summed E-state index contributed by atoms with van der Waals surface area (Å²) in [5, 5.41) is 5.78. The van der Waals surface area contributed by atoms with Crippen molar-refractivity contribution in [2.24, 2.45) is 0 Å². The molecule has 2 N–H and O–H groups in total. The first-order valence-electron chi connectivity index (χ1n) is 8.96. The second-order valence-electron chi connectivity index (χ2n) is 6.27. The first kappa shape index (κ1) is 18.5. The van der Waals surface area contributed by atoms with Gasteiger partial charge >= 0.3 is 6.03 Å². The second-order valence-corrected chi connectivity index (χ2v) is 6.27. The van der Waals surface area contributed by atoms with Crippen molar-refractivity contribution in [3.05, 3.63) is 77.9 Å². The molecule has 0 saturated carbocycles. The van der Waals surface area contributed by atoms with E-state index < -0.39 is 0 Å². The van der Waals surface area contributed by atoms with Crippen molar-refractivity contribution >= 4 is 11.7 Å². The number of aromatic nitrogens is 2. The smallest absolute Gasteiger partial charge is 0.319 e. The largest absolute Gasteiger partial charge is 0.494 e. The Kier molecular flexibility index (Phi) is 6.10. The molecule has 0 spiro atoms. The highest BCUT2D eigenvalue weighted by Gasteiger charge is 2.06. The van der Waals surface area contributed by atoms with Crippen LogP contribution in [-0.2, 0) is 13.1 Å². The molecule has 140 valence electrons. The van der Waals surface area contributed by atoms with Gasteiger partial charge in [0.05, 0.1) is 12.9 Å². The summed E-state index contributed by atoms with van der Waals surface area (Å²) in [6, 6.07) is 13.5. The SMILES string of the molecule is CCOc1ccc(NC(=O)NCc2cccc(Cn3ccnc3)c2)c(C)c1. The summed E-state index contributed by atoms with van der Waals surface area (Å²) in [5.41, 5.74) is 3.93. The van der Waals surface area contributed by atoms with Crippen molar-refractivity contribution in [3.8, 4) is 5.75 Å². The van der Waals surface area contributed by atoms with Crippen LogP contribution < -0.4 is 15.4 Å². The maximum atomic E-state index is 12.2. The molecule has 0 aliphatic rings. The average molecular weight is 364 g/mol. The molecule has 0 fully saturated rings. The fourth-order valence-corrected chi connectivity index (χ4v) is 2.81. The summed E-state index contributed by atoms with van der Waals surface area (Å²) in [4.78, 5) is 16.3. The number of rotatable bonds is 7. The van der Waals surface area contributed by atoms with E-state index in [2.05, 4.69) is 27.8 Å². The Morgan fingerprint density at radius 2 is 2.04 bits per heavy atom. The lowest BCUT2D eigenvalue weighted by Crippen LogP contribution is -2.28. The number of amides is 2. The van der Waals surface area contributed by atoms with Gasteiger partial charge in [-0.1, -0.05) is 24.3 Å². The Morgan fingerprint density at radius 1 is 1.19 bits per heavy atom. The standard InChI is InChI=1S/C21H24N4O2/c1-3-27-19-7-8-20(16(2)11-19)24-21(26)23-13-17-5-4-6-18(12-17)14-25-10-9-22-15-25/h4-12,15H,3,13-14H2,1-2H3,(H2,23,24,26). The zero-order valence-electron chi connectivity index (χ0n) is 15.6. The molecule has 0 atom stereocenters. The molecule has 1 aromatic heterocycles. The number of carbonyl (C=O) groups excluding carboxylic acids is 1. The molecule has 0 radical (unpaired) electrons. The number of benzene rings is 2. The van der Waals surface area contributed by atoms with Crippen molar-refractivity contribution in [1.29, 1.82) is 0 Å². The summed E-state index contributed by atoms with van der Waals surface area (Å²) in [7, 11) is 0. The summed E-state index contributed by atoms with van der Waals surface area (Å²) in [6.45, 7) is 5.72. The molecule has 0 aliphatic heterocycles. The minimum absolute atomic E-state index is 0.234. The molecule has 2 aromatic carbocycles. The lowest BCUT2D eigenvalue weighted by atomic mass is 10.1. The number of hydrogen-bond donors (Lipinski definition) is 2. The van der Waals surface area contributed by atoms with Gasteiger partial charge in [-0.3, -0.25) is 0 Å². The van der Waals surface area contributed by atoms with Crippen molar-refractivity contribution in [1.82, 2.24) is 14.9 Å². The minimum atomic E-state index is -0.234. The number of aryl methyl sites for hydroxylation is 1. The van der Waals surface area contributed by atoms with E-state index in [9.17, 15) is 4.79 Å². The van der Waals surface area contributed by atoms with Gasteiger partial charge in [-0.2, -0.15) is 0 Å². The van der Waals surface area contributed by atoms with E-state index >= 15 is 0 Å². The molecule has 3 rings (SSSR count). The number of anilines is 1. The molecule has 1 heterocycles. The Hall–Kier alpha value is -3.28. The molecule has 3 aromatic rings. The number of carbonyl (C=O) groups is 1. The molecule has 0 aliphatic carbocycles. The minimum Gasteiger partial charge on any atom is -0.494 e. The number of nitrogens with one attached hydrogen (secondary N) is 2. The van der Waals surface area contributed by atoms with Crippen LogP contribution in [0.4, 0.5) is 10.5 Å². The second kappa shape index (κ2) is 8.89. The number of hydrogen-bond acceptors (Lipinski definition) is 3. The third-order valence-electron chi connectivity index (χ3n) is 4.13. The summed E-state index contributed by atoms with van der Waals surface area (Å²) in [5.74, 6) is 0.802. The van der Waals surface area contributed by atoms with E-state index in [1.807, 2.05) is 54.9 Å². The molecule has 0 saturated heterocycles. The highest BCUT2D eigenvalue weighted by atomic mass is 16.5. The maximum absolute atomic E-state index is 12.2. The van der Waals surface area contributed by atoms with Crippen LogP contribution in [0, 0.1) is 6.92 Å². The van der Waals surface area contributed by atoms with Gasteiger partial charge in [0.15, 0.2) is 0 Å². The molecule has 27 heavy (non-hydrogen) atoms. The maximum Gasteiger partial charge on any atom is 0.319 e. The van der Waals surface area contributed by atoms with Crippen LogP contribution in [0.5, 0.6) is 5.75 Å². The zero-order valence-corrected chi connectivity index (χ0v) is 15.6. The van der Waals surface area contributed by atoms with E-state index in [4.69, 9.17) is 4.74 Å². The first-order valence-corrected chi connectivity index (χ1v) is 8.96. The third-order valence-corrected chi connectivity index (χ3v) is 4.13. The lowest BCUT2D eigenvalue weighted by Gasteiger charge is -2.12. The normalized spacial score (nSPS) is 10.4.